The quantitative estimate of drug-likeness (QED) is 0.822. The molecule has 2 atom stereocenters. The monoisotopic (exact) mass is 269 g/mol. The Balaban J connectivity index is 2.49. The SMILES string of the molecule is CC(C)C(NCC(O)CC(C)(C)C)c1cccs1. The molecule has 0 amide bonds. The fourth-order valence-corrected chi connectivity index (χ4v) is 3.15. The van der Waals surface area contributed by atoms with E-state index in [0.717, 1.165) is 6.42 Å². The van der Waals surface area contributed by atoms with Gasteiger partial charge in [-0.05, 0) is 29.2 Å². The minimum Gasteiger partial charge on any atom is -0.392 e. The molecular formula is C15H27NOS. The van der Waals surface area contributed by atoms with E-state index in [9.17, 15) is 5.11 Å². The average molecular weight is 269 g/mol. The lowest BCUT2D eigenvalue weighted by atomic mass is 9.89. The Hall–Kier alpha value is -0.380. The highest BCUT2D eigenvalue weighted by Gasteiger charge is 2.20. The van der Waals surface area contributed by atoms with Crippen LogP contribution in [0.2, 0.25) is 0 Å². The molecule has 2 unspecified atom stereocenters. The lowest BCUT2D eigenvalue weighted by molar-refractivity contribution is 0.114. The molecular weight excluding hydrogens is 242 g/mol. The summed E-state index contributed by atoms with van der Waals surface area (Å²) in [4.78, 5) is 1.35. The summed E-state index contributed by atoms with van der Waals surface area (Å²) in [5, 5.41) is 15.7. The number of hydrogen-bond donors (Lipinski definition) is 2. The molecule has 0 aliphatic carbocycles. The molecule has 104 valence electrons. The number of nitrogens with one attached hydrogen (secondary N) is 1. The third kappa shape index (κ3) is 5.51. The maximum absolute atomic E-state index is 10.1. The summed E-state index contributed by atoms with van der Waals surface area (Å²) in [6.07, 6.45) is 0.557. The molecule has 2 nitrogen and oxygen atoms in total. The van der Waals surface area contributed by atoms with Crippen LogP contribution >= 0.6 is 11.3 Å². The van der Waals surface area contributed by atoms with E-state index < -0.39 is 0 Å². The van der Waals surface area contributed by atoms with E-state index in [1.54, 1.807) is 11.3 Å². The maximum atomic E-state index is 10.1. The van der Waals surface area contributed by atoms with Gasteiger partial charge in [-0.3, -0.25) is 0 Å². The second-order valence-electron chi connectivity index (χ2n) is 6.56. The molecule has 0 bridgehead atoms. The van der Waals surface area contributed by atoms with Gasteiger partial charge < -0.3 is 10.4 Å². The Morgan fingerprint density at radius 1 is 1.33 bits per heavy atom. The topological polar surface area (TPSA) is 32.3 Å². The van der Waals surface area contributed by atoms with Crippen LogP contribution in [0.3, 0.4) is 0 Å². The fraction of sp³-hybridized carbons (Fsp3) is 0.733. The molecule has 1 aromatic heterocycles. The predicted molar refractivity (Wildman–Crippen MR) is 80.0 cm³/mol. The van der Waals surface area contributed by atoms with E-state index in [0.29, 0.717) is 18.5 Å². The first-order valence-corrected chi connectivity index (χ1v) is 7.62. The molecule has 0 spiro atoms. The molecule has 1 aromatic rings. The molecule has 1 heterocycles. The van der Waals surface area contributed by atoms with Gasteiger partial charge in [0.05, 0.1) is 6.10 Å². The molecule has 2 N–H and O–H groups in total. The van der Waals surface area contributed by atoms with Gasteiger partial charge in [0.2, 0.25) is 0 Å². The zero-order valence-electron chi connectivity index (χ0n) is 12.2. The van der Waals surface area contributed by atoms with Crippen LogP contribution in [0.5, 0.6) is 0 Å². The second-order valence-corrected chi connectivity index (χ2v) is 7.54. The predicted octanol–water partition coefficient (Wildman–Crippen LogP) is 3.83. The molecule has 0 saturated carbocycles. The summed E-state index contributed by atoms with van der Waals surface area (Å²) in [6, 6.07) is 4.60. The smallest absolute Gasteiger partial charge is 0.0669 e. The van der Waals surface area contributed by atoms with Gasteiger partial charge in [0.15, 0.2) is 0 Å². The summed E-state index contributed by atoms with van der Waals surface area (Å²) >= 11 is 1.78. The van der Waals surface area contributed by atoms with Crippen molar-refractivity contribution in [2.24, 2.45) is 11.3 Å². The van der Waals surface area contributed by atoms with Crippen LogP contribution in [0.25, 0.3) is 0 Å². The van der Waals surface area contributed by atoms with Crippen molar-refractivity contribution in [2.45, 2.75) is 53.2 Å². The lowest BCUT2D eigenvalue weighted by Gasteiger charge is -2.26. The van der Waals surface area contributed by atoms with Crippen LogP contribution in [0.15, 0.2) is 17.5 Å². The highest BCUT2D eigenvalue weighted by Crippen LogP contribution is 2.26. The van der Waals surface area contributed by atoms with E-state index >= 15 is 0 Å². The summed E-state index contributed by atoms with van der Waals surface area (Å²) in [7, 11) is 0. The Kier molecular flexibility index (Phi) is 5.83. The third-order valence-corrected chi connectivity index (χ3v) is 3.89. The minimum absolute atomic E-state index is 0.178. The average Bonchev–Trinajstić information content (AvgIpc) is 2.67. The van der Waals surface area contributed by atoms with Crippen molar-refractivity contribution in [1.29, 1.82) is 0 Å². The van der Waals surface area contributed by atoms with E-state index in [2.05, 4.69) is 57.4 Å². The number of aliphatic hydroxyl groups excluding tert-OH is 1. The third-order valence-electron chi connectivity index (χ3n) is 2.94. The van der Waals surface area contributed by atoms with Crippen molar-refractivity contribution in [3.05, 3.63) is 22.4 Å². The highest BCUT2D eigenvalue weighted by atomic mass is 32.1. The maximum Gasteiger partial charge on any atom is 0.0669 e. The molecule has 0 fully saturated rings. The van der Waals surface area contributed by atoms with Gasteiger partial charge in [0, 0.05) is 17.5 Å². The van der Waals surface area contributed by atoms with Crippen LogP contribution in [0.4, 0.5) is 0 Å². The van der Waals surface area contributed by atoms with E-state index in [-0.39, 0.29) is 11.5 Å². The standard InChI is InChI=1S/C15H27NOS/c1-11(2)14(13-7-6-8-18-13)16-10-12(17)9-15(3,4)5/h6-8,11-12,14,16-17H,9-10H2,1-5H3. The minimum atomic E-state index is -0.272. The molecule has 0 saturated heterocycles. The summed E-state index contributed by atoms with van der Waals surface area (Å²) in [5.41, 5.74) is 0.178. The molecule has 18 heavy (non-hydrogen) atoms. The second kappa shape index (κ2) is 6.69. The zero-order chi connectivity index (χ0) is 13.8. The van der Waals surface area contributed by atoms with Crippen LogP contribution in [-0.2, 0) is 0 Å². The van der Waals surface area contributed by atoms with Crippen molar-refractivity contribution in [3.8, 4) is 0 Å². The summed E-state index contributed by atoms with van der Waals surface area (Å²) in [6.45, 7) is 11.6. The fourth-order valence-electron chi connectivity index (χ4n) is 2.18. The van der Waals surface area contributed by atoms with Crippen LogP contribution in [-0.4, -0.2) is 17.8 Å². The molecule has 0 radical (unpaired) electrons. The molecule has 1 rings (SSSR count). The van der Waals surface area contributed by atoms with Gasteiger partial charge in [0.25, 0.3) is 0 Å². The van der Waals surface area contributed by atoms with Crippen molar-refractivity contribution < 1.29 is 5.11 Å². The number of thiophene rings is 1. The zero-order valence-corrected chi connectivity index (χ0v) is 13.1. The van der Waals surface area contributed by atoms with Gasteiger partial charge in [-0.1, -0.05) is 40.7 Å². The van der Waals surface area contributed by atoms with Crippen LogP contribution in [0, 0.1) is 11.3 Å². The molecule has 0 aliphatic heterocycles. The van der Waals surface area contributed by atoms with Gasteiger partial charge in [-0.25, -0.2) is 0 Å². The molecule has 0 aliphatic rings. The van der Waals surface area contributed by atoms with E-state index in [1.807, 2.05) is 0 Å². The van der Waals surface area contributed by atoms with Crippen LogP contribution < -0.4 is 5.32 Å². The molecule has 3 heteroatoms. The number of aliphatic hydroxyl groups is 1. The van der Waals surface area contributed by atoms with Gasteiger partial charge >= 0.3 is 0 Å². The number of rotatable bonds is 6. The van der Waals surface area contributed by atoms with Crippen molar-refractivity contribution in [2.75, 3.05) is 6.54 Å². The first-order valence-electron chi connectivity index (χ1n) is 6.74. The normalized spacial score (nSPS) is 15.9. The first-order chi connectivity index (χ1) is 8.29. The lowest BCUT2D eigenvalue weighted by Crippen LogP contribution is -2.34. The Labute approximate surface area is 115 Å². The van der Waals surface area contributed by atoms with Crippen molar-refractivity contribution >= 4 is 11.3 Å². The summed E-state index contributed by atoms with van der Waals surface area (Å²) in [5.74, 6) is 0.533. The largest absolute Gasteiger partial charge is 0.392 e. The van der Waals surface area contributed by atoms with Crippen molar-refractivity contribution in [1.82, 2.24) is 5.32 Å². The first kappa shape index (κ1) is 15.7. The Morgan fingerprint density at radius 3 is 2.44 bits per heavy atom. The van der Waals surface area contributed by atoms with E-state index in [1.165, 1.54) is 4.88 Å². The van der Waals surface area contributed by atoms with Gasteiger partial charge in [0.1, 0.15) is 0 Å². The molecule has 0 aromatic carbocycles. The highest BCUT2D eigenvalue weighted by molar-refractivity contribution is 7.10. The van der Waals surface area contributed by atoms with Crippen molar-refractivity contribution in [3.63, 3.8) is 0 Å². The Bertz CT molecular complexity index is 327. The Morgan fingerprint density at radius 2 is 2.00 bits per heavy atom. The van der Waals surface area contributed by atoms with Crippen LogP contribution in [0.1, 0.15) is 52.0 Å². The summed E-state index contributed by atoms with van der Waals surface area (Å²) < 4.78 is 0. The van der Waals surface area contributed by atoms with Gasteiger partial charge in [-0.15, -0.1) is 11.3 Å². The number of hydrogen-bond acceptors (Lipinski definition) is 3. The van der Waals surface area contributed by atoms with E-state index in [4.69, 9.17) is 0 Å². The van der Waals surface area contributed by atoms with Gasteiger partial charge in [-0.2, -0.15) is 0 Å².